The first-order valence-electron chi connectivity index (χ1n) is 4.05. The number of carboxylic acids is 1. The molecule has 1 rings (SSSR count). The number of hydrogen-bond acceptors (Lipinski definition) is 4. The smallest absolute Gasteiger partial charge is 0.313 e. The Morgan fingerprint density at radius 1 is 1.40 bits per heavy atom. The van der Waals surface area contributed by atoms with Gasteiger partial charge in [0.2, 0.25) is 0 Å². The summed E-state index contributed by atoms with van der Waals surface area (Å²) in [5, 5.41) is 8.50. The van der Waals surface area contributed by atoms with E-state index < -0.39 is 15.8 Å². The van der Waals surface area contributed by atoms with Gasteiger partial charge in [-0.05, 0) is 12.1 Å². The maximum Gasteiger partial charge on any atom is 0.313 e. The van der Waals surface area contributed by atoms with Crippen molar-refractivity contribution in [1.29, 1.82) is 0 Å². The molecule has 0 aliphatic heterocycles. The van der Waals surface area contributed by atoms with E-state index in [-0.39, 0.29) is 10.6 Å². The van der Waals surface area contributed by atoms with Gasteiger partial charge < -0.3 is 5.11 Å². The van der Waals surface area contributed by atoms with E-state index in [1.165, 1.54) is 6.07 Å². The first-order chi connectivity index (χ1) is 6.91. The number of carbonyl (C=O) groups is 1. The Labute approximate surface area is 92.2 Å². The molecule has 0 saturated heterocycles. The first-order valence-corrected chi connectivity index (χ1v) is 6.92. The molecule has 82 valence electrons. The minimum Gasteiger partial charge on any atom is -0.481 e. The van der Waals surface area contributed by atoms with Gasteiger partial charge in [-0.25, -0.2) is 8.42 Å². The number of sulfone groups is 1. The summed E-state index contributed by atoms with van der Waals surface area (Å²) in [6.45, 7) is 0. The van der Waals surface area contributed by atoms with Gasteiger partial charge in [0, 0.05) is 11.2 Å². The topological polar surface area (TPSA) is 71.4 Å². The van der Waals surface area contributed by atoms with Crippen LogP contribution in [0.15, 0.2) is 34.1 Å². The molecule has 0 amide bonds. The van der Waals surface area contributed by atoms with Gasteiger partial charge in [0.05, 0.1) is 10.6 Å². The van der Waals surface area contributed by atoms with Crippen molar-refractivity contribution < 1.29 is 18.3 Å². The molecule has 0 fully saturated rings. The second kappa shape index (κ2) is 4.67. The molecule has 0 aliphatic carbocycles. The molecule has 0 heterocycles. The fourth-order valence-electron chi connectivity index (χ4n) is 1.02. The van der Waals surface area contributed by atoms with E-state index in [0.717, 1.165) is 18.0 Å². The molecular weight excluding hydrogens is 236 g/mol. The van der Waals surface area contributed by atoms with E-state index in [0.29, 0.717) is 4.90 Å². The van der Waals surface area contributed by atoms with Crippen molar-refractivity contribution in [1.82, 2.24) is 0 Å². The van der Waals surface area contributed by atoms with Gasteiger partial charge in [-0.3, -0.25) is 4.79 Å². The van der Waals surface area contributed by atoms with Crippen LogP contribution in [-0.4, -0.2) is 31.5 Å². The summed E-state index contributed by atoms with van der Waals surface area (Å²) in [7, 11) is -3.30. The Morgan fingerprint density at radius 2 is 2.00 bits per heavy atom. The van der Waals surface area contributed by atoms with Gasteiger partial charge in [-0.15, -0.1) is 11.8 Å². The number of aliphatic carboxylic acids is 1. The van der Waals surface area contributed by atoms with Gasteiger partial charge >= 0.3 is 5.97 Å². The van der Waals surface area contributed by atoms with E-state index in [1.54, 1.807) is 18.2 Å². The van der Waals surface area contributed by atoms with E-state index in [2.05, 4.69) is 0 Å². The van der Waals surface area contributed by atoms with Crippen molar-refractivity contribution in [2.75, 3.05) is 12.0 Å². The molecule has 1 N–H and O–H groups in total. The van der Waals surface area contributed by atoms with Crippen LogP contribution in [0.2, 0.25) is 0 Å². The average molecular weight is 246 g/mol. The molecule has 0 atom stereocenters. The number of thioether (sulfide) groups is 1. The van der Waals surface area contributed by atoms with Crippen LogP contribution in [-0.2, 0) is 14.6 Å². The molecule has 0 spiro atoms. The molecule has 4 nitrogen and oxygen atoms in total. The average Bonchev–Trinajstić information content (AvgIpc) is 2.13. The number of hydrogen-bond donors (Lipinski definition) is 1. The standard InChI is InChI=1S/C9H10O4S2/c1-15(12,13)8-5-3-2-4-7(8)14-6-9(10)11/h2-5H,6H2,1H3,(H,10,11). The minimum absolute atomic E-state index is 0.146. The van der Waals surface area contributed by atoms with Gasteiger partial charge in [-0.1, -0.05) is 12.1 Å². The highest BCUT2D eigenvalue weighted by atomic mass is 32.2. The molecule has 0 saturated carbocycles. The lowest BCUT2D eigenvalue weighted by Gasteiger charge is -2.05. The van der Waals surface area contributed by atoms with Gasteiger partial charge in [-0.2, -0.15) is 0 Å². The van der Waals surface area contributed by atoms with Crippen molar-refractivity contribution in [2.45, 2.75) is 9.79 Å². The third-order valence-electron chi connectivity index (χ3n) is 1.60. The lowest BCUT2D eigenvalue weighted by molar-refractivity contribution is -0.133. The number of benzene rings is 1. The lowest BCUT2D eigenvalue weighted by Crippen LogP contribution is -2.02. The Kier molecular flexibility index (Phi) is 3.76. The van der Waals surface area contributed by atoms with Crippen LogP contribution in [0.3, 0.4) is 0 Å². The highest BCUT2D eigenvalue weighted by Crippen LogP contribution is 2.25. The molecule has 0 radical (unpaired) electrons. The summed E-state index contributed by atoms with van der Waals surface area (Å²) in [6.07, 6.45) is 1.10. The van der Waals surface area contributed by atoms with Crippen molar-refractivity contribution >= 4 is 27.6 Å². The summed E-state index contributed by atoms with van der Waals surface area (Å²) in [5.41, 5.74) is 0. The second-order valence-electron chi connectivity index (χ2n) is 2.90. The Hall–Kier alpha value is -1.01. The third kappa shape index (κ3) is 3.56. The summed E-state index contributed by atoms with van der Waals surface area (Å²) in [4.78, 5) is 11.0. The zero-order valence-corrected chi connectivity index (χ0v) is 9.64. The highest BCUT2D eigenvalue weighted by molar-refractivity contribution is 8.00. The van der Waals surface area contributed by atoms with Crippen LogP contribution in [0.1, 0.15) is 0 Å². The van der Waals surface area contributed by atoms with Gasteiger partial charge in [0.25, 0.3) is 0 Å². The zero-order chi connectivity index (χ0) is 11.5. The van der Waals surface area contributed by atoms with Crippen molar-refractivity contribution in [3.8, 4) is 0 Å². The lowest BCUT2D eigenvalue weighted by atomic mass is 10.4. The quantitative estimate of drug-likeness (QED) is 0.810. The summed E-state index contributed by atoms with van der Waals surface area (Å²) >= 11 is 1.00. The molecule has 0 aliphatic rings. The van der Waals surface area contributed by atoms with Crippen molar-refractivity contribution in [3.63, 3.8) is 0 Å². The summed E-state index contributed by atoms with van der Waals surface area (Å²) in [5.74, 6) is -1.12. The zero-order valence-electron chi connectivity index (χ0n) is 8.00. The molecule has 1 aromatic carbocycles. The largest absolute Gasteiger partial charge is 0.481 e. The minimum atomic E-state index is -3.30. The highest BCUT2D eigenvalue weighted by Gasteiger charge is 2.13. The van der Waals surface area contributed by atoms with Crippen LogP contribution in [0.25, 0.3) is 0 Å². The molecule has 6 heteroatoms. The normalized spacial score (nSPS) is 11.3. The van der Waals surface area contributed by atoms with Gasteiger partial charge in [0.1, 0.15) is 0 Å². The molecule has 0 aromatic heterocycles. The number of rotatable bonds is 4. The predicted molar refractivity (Wildman–Crippen MR) is 57.9 cm³/mol. The molecule has 1 aromatic rings. The monoisotopic (exact) mass is 246 g/mol. The fraction of sp³-hybridized carbons (Fsp3) is 0.222. The summed E-state index contributed by atoms with van der Waals surface area (Å²) in [6, 6.07) is 6.36. The van der Waals surface area contributed by atoms with Crippen LogP contribution in [0.5, 0.6) is 0 Å². The van der Waals surface area contributed by atoms with Crippen LogP contribution in [0.4, 0.5) is 0 Å². The van der Waals surface area contributed by atoms with Gasteiger partial charge in [0.15, 0.2) is 9.84 Å². The van der Waals surface area contributed by atoms with Crippen LogP contribution < -0.4 is 0 Å². The van der Waals surface area contributed by atoms with E-state index in [4.69, 9.17) is 5.11 Å². The van der Waals surface area contributed by atoms with Crippen molar-refractivity contribution in [2.24, 2.45) is 0 Å². The predicted octanol–water partition coefficient (Wildman–Crippen LogP) is 1.27. The second-order valence-corrected chi connectivity index (χ2v) is 5.90. The fourth-order valence-corrected chi connectivity index (χ4v) is 3.07. The SMILES string of the molecule is CS(=O)(=O)c1ccccc1SCC(=O)O. The maximum atomic E-state index is 11.3. The molecule has 0 unspecified atom stereocenters. The third-order valence-corrected chi connectivity index (χ3v) is 3.94. The van der Waals surface area contributed by atoms with Crippen LogP contribution in [0, 0.1) is 0 Å². The Bertz CT molecular complexity index is 465. The van der Waals surface area contributed by atoms with Crippen LogP contribution >= 0.6 is 11.8 Å². The van der Waals surface area contributed by atoms with Crippen molar-refractivity contribution in [3.05, 3.63) is 24.3 Å². The molecule has 15 heavy (non-hydrogen) atoms. The maximum absolute atomic E-state index is 11.3. The summed E-state index contributed by atoms with van der Waals surface area (Å²) < 4.78 is 22.7. The molecule has 0 bridgehead atoms. The van der Waals surface area contributed by atoms with E-state index >= 15 is 0 Å². The Balaban J connectivity index is 3.02. The Morgan fingerprint density at radius 3 is 2.53 bits per heavy atom. The van der Waals surface area contributed by atoms with E-state index in [1.807, 2.05) is 0 Å². The van der Waals surface area contributed by atoms with E-state index in [9.17, 15) is 13.2 Å². The molecular formula is C9H10O4S2. The first kappa shape index (κ1) is 12.1. The number of carboxylic acid groups (broad SMARTS) is 1.